The number of likely N-dealkylation sites (tertiary alicyclic amines) is 1. The molecule has 0 bridgehead atoms. The second kappa shape index (κ2) is 2.95. The number of amides is 2. The number of nitrogens with two attached hydrogens (primary N) is 1. The predicted octanol–water partition coefficient (Wildman–Crippen LogP) is -1.18. The van der Waals surface area contributed by atoms with E-state index < -0.39 is 6.04 Å². The van der Waals surface area contributed by atoms with Crippen molar-refractivity contribution in [1.82, 2.24) is 10.2 Å². The fourth-order valence-corrected chi connectivity index (χ4v) is 2.18. The van der Waals surface area contributed by atoms with E-state index in [4.69, 9.17) is 5.73 Å². The Kier molecular flexibility index (Phi) is 1.99. The molecule has 0 saturated carbocycles. The lowest BCUT2D eigenvalue weighted by Gasteiger charge is -2.38. The van der Waals surface area contributed by atoms with E-state index in [1.165, 1.54) is 0 Å². The van der Waals surface area contributed by atoms with Gasteiger partial charge in [-0.15, -0.1) is 0 Å². The van der Waals surface area contributed by atoms with Crippen LogP contribution in [0.25, 0.3) is 0 Å². The molecular weight excluding hydrogens is 182 g/mol. The van der Waals surface area contributed by atoms with E-state index in [0.717, 1.165) is 6.42 Å². The number of β-lactam (4-membered cyclic amide) rings is 1. The predicted molar refractivity (Wildman–Crippen MR) is 50.3 cm³/mol. The number of carbonyl (C=O) groups excluding carboxylic acids is 2. The van der Waals surface area contributed by atoms with Crippen LogP contribution >= 0.6 is 0 Å². The number of hydrogen-bond donors (Lipinski definition) is 2. The Balaban J connectivity index is 1.95. The monoisotopic (exact) mass is 197 g/mol. The van der Waals surface area contributed by atoms with Gasteiger partial charge >= 0.3 is 0 Å². The molecular formula is C9H15N3O2. The van der Waals surface area contributed by atoms with Gasteiger partial charge in [0.05, 0.1) is 18.0 Å². The molecule has 5 heteroatoms. The van der Waals surface area contributed by atoms with Gasteiger partial charge in [0.2, 0.25) is 11.8 Å². The van der Waals surface area contributed by atoms with Crippen LogP contribution in [0.3, 0.4) is 0 Å². The Bertz CT molecular complexity index is 280. The van der Waals surface area contributed by atoms with E-state index in [2.05, 4.69) is 5.32 Å². The molecule has 5 nitrogen and oxygen atoms in total. The number of nitrogens with one attached hydrogen (secondary N) is 1. The lowest BCUT2D eigenvalue weighted by molar-refractivity contribution is -0.135. The molecule has 0 aromatic heterocycles. The molecule has 78 valence electrons. The van der Waals surface area contributed by atoms with Crippen LogP contribution in [0.2, 0.25) is 0 Å². The molecule has 3 N–H and O–H groups in total. The summed E-state index contributed by atoms with van der Waals surface area (Å²) in [7, 11) is 0. The highest BCUT2D eigenvalue weighted by Gasteiger charge is 2.48. The highest BCUT2D eigenvalue weighted by molar-refractivity contribution is 5.86. The van der Waals surface area contributed by atoms with Crippen molar-refractivity contribution in [1.29, 1.82) is 0 Å². The topological polar surface area (TPSA) is 75.4 Å². The highest BCUT2D eigenvalue weighted by Crippen LogP contribution is 2.31. The first-order valence-corrected chi connectivity index (χ1v) is 4.88. The summed E-state index contributed by atoms with van der Waals surface area (Å²) in [5.74, 6) is 0.0584. The van der Waals surface area contributed by atoms with E-state index in [1.807, 2.05) is 0 Å². The van der Waals surface area contributed by atoms with Crippen molar-refractivity contribution in [2.24, 2.45) is 5.73 Å². The fourth-order valence-electron chi connectivity index (χ4n) is 2.18. The van der Waals surface area contributed by atoms with Crippen molar-refractivity contribution < 1.29 is 9.59 Å². The zero-order valence-electron chi connectivity index (χ0n) is 8.25. The van der Waals surface area contributed by atoms with Crippen LogP contribution in [-0.4, -0.2) is 41.4 Å². The third-order valence-electron chi connectivity index (χ3n) is 2.96. The van der Waals surface area contributed by atoms with Crippen LogP contribution in [0, 0.1) is 0 Å². The Labute approximate surface area is 82.6 Å². The third kappa shape index (κ3) is 1.37. The second-order valence-electron chi connectivity index (χ2n) is 4.30. The van der Waals surface area contributed by atoms with Gasteiger partial charge in [0.1, 0.15) is 0 Å². The van der Waals surface area contributed by atoms with Gasteiger partial charge in [-0.25, -0.2) is 0 Å². The number of carbonyl (C=O) groups is 2. The zero-order chi connectivity index (χ0) is 10.3. The first kappa shape index (κ1) is 9.45. The van der Waals surface area contributed by atoms with Crippen molar-refractivity contribution in [3.8, 4) is 0 Å². The van der Waals surface area contributed by atoms with Crippen LogP contribution in [0.5, 0.6) is 0 Å². The van der Waals surface area contributed by atoms with Crippen molar-refractivity contribution >= 4 is 11.8 Å². The molecule has 2 heterocycles. The molecule has 2 rings (SSSR count). The van der Waals surface area contributed by atoms with Gasteiger partial charge in [-0.3, -0.25) is 9.59 Å². The molecule has 0 aliphatic carbocycles. The third-order valence-corrected chi connectivity index (χ3v) is 2.96. The summed E-state index contributed by atoms with van der Waals surface area (Å²) in [5.41, 5.74) is 5.39. The minimum atomic E-state index is -0.444. The number of nitrogens with zero attached hydrogens (tertiary/aromatic N) is 1. The van der Waals surface area contributed by atoms with Crippen molar-refractivity contribution in [2.45, 2.75) is 31.3 Å². The molecule has 2 saturated heterocycles. The zero-order valence-corrected chi connectivity index (χ0v) is 8.25. The lowest BCUT2D eigenvalue weighted by atomic mass is 9.86. The molecule has 2 aliphatic rings. The summed E-state index contributed by atoms with van der Waals surface area (Å²) in [6.07, 6.45) is 1.41. The van der Waals surface area contributed by atoms with E-state index in [0.29, 0.717) is 19.5 Å². The Morgan fingerprint density at radius 2 is 2.36 bits per heavy atom. The largest absolute Gasteiger partial charge is 0.348 e. The summed E-state index contributed by atoms with van der Waals surface area (Å²) in [6.45, 7) is 3.02. The van der Waals surface area contributed by atoms with Gasteiger partial charge in [-0.1, -0.05) is 0 Å². The minimum absolute atomic E-state index is 0.0250. The summed E-state index contributed by atoms with van der Waals surface area (Å²) >= 11 is 0. The standard InChI is InChI=1S/C9H15N3O2/c1-6(10)8(14)12-3-2-9(5-12)4-7(13)11-9/h6H,2-5,10H2,1H3,(H,11,13). The normalized spacial score (nSPS) is 32.7. The van der Waals surface area contributed by atoms with Gasteiger partial charge in [0.25, 0.3) is 0 Å². The van der Waals surface area contributed by atoms with E-state index in [-0.39, 0.29) is 17.4 Å². The maximum atomic E-state index is 11.5. The average molecular weight is 197 g/mol. The number of hydrogen-bond acceptors (Lipinski definition) is 3. The fraction of sp³-hybridized carbons (Fsp3) is 0.778. The van der Waals surface area contributed by atoms with Gasteiger partial charge < -0.3 is 16.0 Å². The molecule has 2 unspecified atom stereocenters. The summed E-state index contributed by atoms with van der Waals surface area (Å²) in [5, 5.41) is 2.87. The summed E-state index contributed by atoms with van der Waals surface area (Å²) in [4.78, 5) is 24.1. The van der Waals surface area contributed by atoms with Gasteiger partial charge in [0.15, 0.2) is 0 Å². The Morgan fingerprint density at radius 3 is 2.86 bits per heavy atom. The van der Waals surface area contributed by atoms with Crippen LogP contribution in [0.4, 0.5) is 0 Å². The second-order valence-corrected chi connectivity index (χ2v) is 4.30. The Morgan fingerprint density at radius 1 is 1.71 bits per heavy atom. The molecule has 1 spiro atoms. The van der Waals surface area contributed by atoms with Crippen molar-refractivity contribution in [3.05, 3.63) is 0 Å². The Hall–Kier alpha value is -1.10. The maximum absolute atomic E-state index is 11.5. The molecule has 14 heavy (non-hydrogen) atoms. The highest BCUT2D eigenvalue weighted by atomic mass is 16.2. The number of rotatable bonds is 1. The smallest absolute Gasteiger partial charge is 0.239 e. The van der Waals surface area contributed by atoms with Gasteiger partial charge in [0, 0.05) is 13.1 Å². The quantitative estimate of drug-likeness (QED) is 0.520. The van der Waals surface area contributed by atoms with Crippen molar-refractivity contribution in [2.75, 3.05) is 13.1 Å². The van der Waals surface area contributed by atoms with Crippen molar-refractivity contribution in [3.63, 3.8) is 0 Å². The molecule has 2 aliphatic heterocycles. The maximum Gasteiger partial charge on any atom is 0.239 e. The first-order valence-electron chi connectivity index (χ1n) is 4.88. The molecule has 2 amide bonds. The minimum Gasteiger partial charge on any atom is -0.348 e. The van der Waals surface area contributed by atoms with E-state index >= 15 is 0 Å². The lowest BCUT2D eigenvalue weighted by Crippen LogP contribution is -2.62. The molecule has 2 atom stereocenters. The van der Waals surface area contributed by atoms with E-state index in [9.17, 15) is 9.59 Å². The SMILES string of the molecule is CC(N)C(=O)N1CCC2(CC(=O)N2)C1. The first-order chi connectivity index (χ1) is 6.52. The average Bonchev–Trinajstić information content (AvgIpc) is 2.47. The van der Waals surface area contributed by atoms with Crippen LogP contribution in [-0.2, 0) is 9.59 Å². The molecule has 0 aromatic carbocycles. The van der Waals surface area contributed by atoms with Crippen LogP contribution in [0.15, 0.2) is 0 Å². The molecule has 2 fully saturated rings. The summed E-state index contributed by atoms with van der Waals surface area (Å²) < 4.78 is 0. The molecule has 0 aromatic rings. The van der Waals surface area contributed by atoms with Crippen LogP contribution in [0.1, 0.15) is 19.8 Å². The van der Waals surface area contributed by atoms with Gasteiger partial charge in [-0.2, -0.15) is 0 Å². The van der Waals surface area contributed by atoms with Gasteiger partial charge in [-0.05, 0) is 13.3 Å². The molecule has 0 radical (unpaired) electrons. The van der Waals surface area contributed by atoms with E-state index in [1.54, 1.807) is 11.8 Å². The van der Waals surface area contributed by atoms with Crippen LogP contribution < -0.4 is 11.1 Å². The summed E-state index contributed by atoms with van der Waals surface area (Å²) in [6, 6.07) is -0.444.